The van der Waals surface area contributed by atoms with E-state index in [0.717, 1.165) is 24.1 Å². The maximum atomic E-state index is 12.6. The van der Waals surface area contributed by atoms with Crippen LogP contribution in [0.3, 0.4) is 0 Å². The highest BCUT2D eigenvalue weighted by atomic mass is 32.1. The van der Waals surface area contributed by atoms with E-state index in [1.165, 1.54) is 4.57 Å². The fraction of sp³-hybridized carbons (Fsp3) is 0.450. The number of H-pyrrole nitrogens is 1. The highest BCUT2D eigenvalue weighted by molar-refractivity contribution is 7.80. The van der Waals surface area contributed by atoms with Crippen LogP contribution in [0.4, 0.5) is 17.2 Å². The Balaban J connectivity index is 2.47. The van der Waals surface area contributed by atoms with Crippen LogP contribution < -0.4 is 27.2 Å². The zero-order valence-electron chi connectivity index (χ0n) is 16.9. The summed E-state index contributed by atoms with van der Waals surface area (Å²) in [5.74, 6) is 0.350. The predicted octanol–water partition coefficient (Wildman–Crippen LogP) is 3.09. The summed E-state index contributed by atoms with van der Waals surface area (Å²) >= 11 is 5.59. The van der Waals surface area contributed by atoms with Crippen molar-refractivity contribution < 1.29 is 0 Å². The number of aryl methyl sites for hydroxylation is 1. The van der Waals surface area contributed by atoms with Gasteiger partial charge in [-0.25, -0.2) is 4.79 Å². The minimum absolute atomic E-state index is 0.135. The molecular weight excluding hydrogens is 374 g/mol. The highest BCUT2D eigenvalue weighted by Crippen LogP contribution is 2.20. The Morgan fingerprint density at radius 3 is 2.50 bits per heavy atom. The first-order chi connectivity index (χ1) is 13.2. The Bertz CT molecular complexity index is 931. The number of nitrogens with two attached hydrogens (primary N) is 1. The lowest BCUT2D eigenvalue weighted by molar-refractivity contribution is 0.601. The molecule has 0 radical (unpaired) electrons. The number of anilines is 3. The van der Waals surface area contributed by atoms with Crippen molar-refractivity contribution >= 4 is 34.5 Å². The number of rotatable bonds is 7. The molecule has 0 aliphatic heterocycles. The van der Waals surface area contributed by atoms with Gasteiger partial charge in [0.2, 0.25) is 0 Å². The van der Waals surface area contributed by atoms with Gasteiger partial charge in [-0.05, 0) is 43.6 Å². The Hall–Kier alpha value is -2.61. The van der Waals surface area contributed by atoms with Crippen LogP contribution in [0.1, 0.15) is 39.2 Å². The van der Waals surface area contributed by atoms with E-state index >= 15 is 0 Å². The normalized spacial score (nSPS) is 10.9. The van der Waals surface area contributed by atoms with E-state index in [0.29, 0.717) is 18.2 Å². The molecule has 1 aromatic heterocycles. The van der Waals surface area contributed by atoms with Crippen molar-refractivity contribution in [2.24, 2.45) is 5.92 Å². The average Bonchev–Trinajstić information content (AvgIpc) is 2.62. The molecule has 28 heavy (non-hydrogen) atoms. The van der Waals surface area contributed by atoms with Crippen LogP contribution in [0.15, 0.2) is 33.9 Å². The van der Waals surface area contributed by atoms with Gasteiger partial charge in [0.1, 0.15) is 5.82 Å². The van der Waals surface area contributed by atoms with Gasteiger partial charge in [-0.3, -0.25) is 14.3 Å². The second-order valence-electron chi connectivity index (χ2n) is 7.30. The molecule has 1 heterocycles. The largest absolute Gasteiger partial charge is 0.383 e. The number of aromatic nitrogens is 2. The van der Waals surface area contributed by atoms with E-state index in [1.807, 2.05) is 52.0 Å². The number of nitrogens with zero attached hydrogens (tertiary/aromatic N) is 2. The highest BCUT2D eigenvalue weighted by Gasteiger charge is 2.23. The lowest BCUT2D eigenvalue weighted by atomic mass is 10.2. The molecule has 0 amide bonds. The second kappa shape index (κ2) is 9.54. The van der Waals surface area contributed by atoms with E-state index < -0.39 is 11.2 Å². The third-order valence-corrected chi connectivity index (χ3v) is 4.64. The molecule has 0 saturated heterocycles. The van der Waals surface area contributed by atoms with Gasteiger partial charge in [0, 0.05) is 18.8 Å². The molecule has 0 bridgehead atoms. The Morgan fingerprint density at radius 1 is 1.29 bits per heavy atom. The molecule has 0 saturated carbocycles. The monoisotopic (exact) mass is 403 g/mol. The summed E-state index contributed by atoms with van der Waals surface area (Å²) in [5, 5.41) is 3.52. The van der Waals surface area contributed by atoms with Crippen LogP contribution in [0.5, 0.6) is 0 Å². The molecular formula is C20H29N5O2S. The van der Waals surface area contributed by atoms with Gasteiger partial charge in [0.05, 0.1) is 0 Å². The molecule has 1 aromatic carbocycles. The summed E-state index contributed by atoms with van der Waals surface area (Å²) in [6.45, 7) is 9.01. The van der Waals surface area contributed by atoms with Crippen LogP contribution in [0.25, 0.3) is 0 Å². The quantitative estimate of drug-likeness (QED) is 0.615. The molecule has 7 nitrogen and oxygen atoms in total. The molecule has 0 aliphatic carbocycles. The van der Waals surface area contributed by atoms with Crippen molar-refractivity contribution in [1.82, 2.24) is 9.55 Å². The van der Waals surface area contributed by atoms with E-state index in [1.54, 1.807) is 4.90 Å². The smallest absolute Gasteiger partial charge is 0.330 e. The molecule has 152 valence electrons. The first kappa shape index (κ1) is 21.7. The summed E-state index contributed by atoms with van der Waals surface area (Å²) in [7, 11) is 0. The maximum Gasteiger partial charge on any atom is 0.330 e. The number of nitrogen functional groups attached to an aromatic ring is 1. The molecule has 4 N–H and O–H groups in total. The van der Waals surface area contributed by atoms with Crippen molar-refractivity contribution in [1.29, 1.82) is 0 Å². The van der Waals surface area contributed by atoms with E-state index in [2.05, 4.69) is 10.3 Å². The third-order valence-electron chi connectivity index (χ3n) is 4.32. The van der Waals surface area contributed by atoms with Gasteiger partial charge in [-0.2, -0.15) is 0 Å². The second-order valence-corrected chi connectivity index (χ2v) is 7.69. The number of thiocarbonyl (C=S) groups is 1. The minimum Gasteiger partial charge on any atom is -0.383 e. The fourth-order valence-corrected chi connectivity index (χ4v) is 3.13. The van der Waals surface area contributed by atoms with Crippen LogP contribution in [-0.2, 0) is 6.54 Å². The lowest BCUT2D eigenvalue weighted by Gasteiger charge is -2.28. The molecule has 0 spiro atoms. The summed E-state index contributed by atoms with van der Waals surface area (Å²) in [5.41, 5.74) is 7.39. The standard InChI is InChI=1S/C20H29N5O2S/c1-5-6-11-24-17(21)16(18(26)23-19(24)27)25(12-13(2)3)20(28)22-15-9-7-14(4)8-10-15/h7-10,13H,5-6,11-12,21H2,1-4H3,(H,22,28)(H,23,26,27). The average molecular weight is 404 g/mol. The van der Waals surface area contributed by atoms with Crippen LogP contribution in [-0.4, -0.2) is 21.2 Å². The minimum atomic E-state index is -0.538. The number of nitrogens with one attached hydrogen (secondary N) is 2. The molecule has 0 unspecified atom stereocenters. The lowest BCUT2D eigenvalue weighted by Crippen LogP contribution is -2.44. The van der Waals surface area contributed by atoms with Crippen LogP contribution in [0, 0.1) is 12.8 Å². The van der Waals surface area contributed by atoms with Crippen LogP contribution in [0.2, 0.25) is 0 Å². The molecule has 2 rings (SSSR count). The fourth-order valence-electron chi connectivity index (χ4n) is 2.85. The number of benzene rings is 1. The zero-order chi connectivity index (χ0) is 20.8. The third kappa shape index (κ3) is 5.22. The van der Waals surface area contributed by atoms with Gasteiger partial charge >= 0.3 is 5.69 Å². The van der Waals surface area contributed by atoms with Gasteiger partial charge < -0.3 is 16.0 Å². The van der Waals surface area contributed by atoms with Crippen molar-refractivity contribution in [3.8, 4) is 0 Å². The van der Waals surface area contributed by atoms with Gasteiger partial charge in [0.15, 0.2) is 10.8 Å². The summed E-state index contributed by atoms with van der Waals surface area (Å²) in [6, 6.07) is 7.80. The van der Waals surface area contributed by atoms with E-state index in [4.69, 9.17) is 18.0 Å². The molecule has 2 aromatic rings. The van der Waals surface area contributed by atoms with Gasteiger partial charge in [-0.1, -0.05) is 44.9 Å². The maximum absolute atomic E-state index is 12.6. The summed E-state index contributed by atoms with van der Waals surface area (Å²) < 4.78 is 1.40. The van der Waals surface area contributed by atoms with Crippen molar-refractivity contribution in [2.45, 2.75) is 47.1 Å². The summed E-state index contributed by atoms with van der Waals surface area (Å²) in [4.78, 5) is 28.9. The number of hydrogen-bond donors (Lipinski definition) is 3. The Labute approximate surface area is 170 Å². The molecule has 8 heteroatoms. The Morgan fingerprint density at radius 2 is 1.93 bits per heavy atom. The van der Waals surface area contributed by atoms with Gasteiger partial charge in [0.25, 0.3) is 5.56 Å². The van der Waals surface area contributed by atoms with E-state index in [9.17, 15) is 9.59 Å². The van der Waals surface area contributed by atoms with Crippen molar-refractivity contribution in [3.63, 3.8) is 0 Å². The zero-order valence-corrected chi connectivity index (χ0v) is 17.7. The van der Waals surface area contributed by atoms with Crippen LogP contribution >= 0.6 is 12.2 Å². The predicted molar refractivity (Wildman–Crippen MR) is 120 cm³/mol. The number of unbranched alkanes of at least 4 members (excludes halogenated alkanes) is 1. The molecule has 0 atom stereocenters. The first-order valence-corrected chi connectivity index (χ1v) is 9.93. The van der Waals surface area contributed by atoms with E-state index in [-0.39, 0.29) is 17.4 Å². The number of hydrogen-bond acceptors (Lipinski definition) is 4. The Kier molecular flexibility index (Phi) is 7.39. The molecule has 0 fully saturated rings. The molecule has 0 aliphatic rings. The first-order valence-electron chi connectivity index (χ1n) is 9.52. The summed E-state index contributed by atoms with van der Waals surface area (Å²) in [6.07, 6.45) is 1.69. The number of aromatic amines is 1. The van der Waals surface area contributed by atoms with Crippen molar-refractivity contribution in [3.05, 3.63) is 50.7 Å². The topological polar surface area (TPSA) is 96.2 Å². The van der Waals surface area contributed by atoms with Crippen molar-refractivity contribution in [2.75, 3.05) is 22.5 Å². The SMILES string of the molecule is CCCCn1c(N)c(N(CC(C)C)C(=S)Nc2ccc(C)cc2)c(=O)[nH]c1=O. The van der Waals surface area contributed by atoms with Gasteiger partial charge in [-0.15, -0.1) is 0 Å².